The van der Waals surface area contributed by atoms with Gasteiger partial charge in [-0.15, -0.1) is 0 Å². The lowest BCUT2D eigenvalue weighted by molar-refractivity contribution is -0.931. The molecule has 0 saturated carbocycles. The molecule has 0 amide bonds. The second-order valence-electron chi connectivity index (χ2n) is 8.75. The third kappa shape index (κ3) is 4.49. The van der Waals surface area contributed by atoms with E-state index in [0.717, 1.165) is 28.0 Å². The molecule has 2 saturated heterocycles. The molecular weight excluding hydrogens is 488 g/mol. The van der Waals surface area contributed by atoms with Gasteiger partial charge in [0.1, 0.15) is 0 Å². The van der Waals surface area contributed by atoms with E-state index in [1.807, 2.05) is 12.1 Å². The molecule has 0 aliphatic carbocycles. The largest absolute Gasteiger partial charge is 1.00 e. The summed E-state index contributed by atoms with van der Waals surface area (Å²) in [6, 6.07) is 18.4. The van der Waals surface area contributed by atoms with Crippen LogP contribution in [0.4, 0.5) is 0 Å². The molecule has 2 unspecified atom stereocenters. The highest BCUT2D eigenvalue weighted by molar-refractivity contribution is 6.31. The van der Waals surface area contributed by atoms with Crippen LogP contribution in [0.5, 0.6) is 0 Å². The van der Waals surface area contributed by atoms with E-state index in [4.69, 9.17) is 23.2 Å². The van der Waals surface area contributed by atoms with Gasteiger partial charge in [-0.2, -0.15) is 0 Å². The van der Waals surface area contributed by atoms with Gasteiger partial charge in [0.15, 0.2) is 0 Å². The molecule has 4 rings (SSSR count). The zero-order chi connectivity index (χ0) is 18.3. The van der Waals surface area contributed by atoms with Crippen LogP contribution >= 0.6 is 23.2 Å². The molecule has 2 aliphatic heterocycles. The van der Waals surface area contributed by atoms with Gasteiger partial charge in [-0.05, 0) is 47.7 Å². The Morgan fingerprint density at radius 1 is 0.889 bits per heavy atom. The molecule has 146 valence electrons. The zero-order valence-electron chi connectivity index (χ0n) is 16.0. The van der Waals surface area contributed by atoms with Gasteiger partial charge in [-0.3, -0.25) is 0 Å². The fourth-order valence-electron chi connectivity index (χ4n) is 5.43. The third-order valence-electron chi connectivity index (χ3n) is 7.00. The Balaban J connectivity index is 0.00000210. The Bertz CT molecular complexity index is 730. The lowest BCUT2D eigenvalue weighted by Gasteiger charge is -2.45. The van der Waals surface area contributed by atoms with Crippen molar-refractivity contribution < 1.29 is 28.5 Å². The maximum Gasteiger partial charge on any atom is 0.0893 e. The van der Waals surface area contributed by atoms with Crippen LogP contribution in [0.15, 0.2) is 48.5 Å². The van der Waals surface area contributed by atoms with E-state index in [2.05, 4.69) is 50.5 Å². The summed E-state index contributed by atoms with van der Waals surface area (Å²) in [6.45, 7) is 0. The van der Waals surface area contributed by atoms with Gasteiger partial charge in [0, 0.05) is 41.6 Å². The van der Waals surface area contributed by atoms with Crippen molar-refractivity contribution >= 4 is 23.2 Å². The van der Waals surface area contributed by atoms with Crippen LogP contribution in [0.3, 0.4) is 0 Å². The van der Waals surface area contributed by atoms with Crippen molar-refractivity contribution in [1.82, 2.24) is 0 Å². The lowest BCUT2D eigenvalue weighted by Crippen LogP contribution is -3.00. The standard InChI is InChI=1S/C23H28Cl2N.HI/c1-26(2)21-9-10-22(26)12-16(11-21)13-23(17-5-3-7-19(24)14-17)18-6-4-8-20(25)15-18;/h3-8,14-16,21-23H,9-13H2,1-2H3;1H/q+1;/p-1. The topological polar surface area (TPSA) is 0 Å². The van der Waals surface area contributed by atoms with Crippen molar-refractivity contribution in [1.29, 1.82) is 0 Å². The minimum Gasteiger partial charge on any atom is -1.00 e. The molecule has 0 radical (unpaired) electrons. The first kappa shape index (κ1) is 21.4. The van der Waals surface area contributed by atoms with Gasteiger partial charge in [0.2, 0.25) is 0 Å². The second kappa shape index (κ2) is 8.61. The fraction of sp³-hybridized carbons (Fsp3) is 0.478. The van der Waals surface area contributed by atoms with Crippen LogP contribution in [0.2, 0.25) is 10.0 Å². The highest BCUT2D eigenvalue weighted by atomic mass is 127. The Hall–Kier alpha value is -0.290. The molecule has 0 N–H and O–H groups in total. The molecule has 2 aromatic rings. The molecule has 2 aromatic carbocycles. The molecule has 2 fully saturated rings. The minimum absolute atomic E-state index is 0. The Morgan fingerprint density at radius 2 is 1.37 bits per heavy atom. The van der Waals surface area contributed by atoms with Crippen molar-refractivity contribution in [3.05, 3.63) is 69.7 Å². The highest BCUT2D eigenvalue weighted by Crippen LogP contribution is 2.46. The summed E-state index contributed by atoms with van der Waals surface area (Å²) in [5, 5.41) is 1.63. The van der Waals surface area contributed by atoms with Crippen LogP contribution in [0.25, 0.3) is 0 Å². The van der Waals surface area contributed by atoms with Crippen molar-refractivity contribution in [2.75, 3.05) is 14.1 Å². The average molecular weight is 516 g/mol. The van der Waals surface area contributed by atoms with E-state index < -0.39 is 0 Å². The highest BCUT2D eigenvalue weighted by Gasteiger charge is 2.48. The number of quaternary nitrogens is 1. The van der Waals surface area contributed by atoms with Gasteiger partial charge in [-0.1, -0.05) is 47.5 Å². The number of nitrogens with zero attached hydrogens (tertiary/aromatic N) is 1. The van der Waals surface area contributed by atoms with Gasteiger partial charge in [-0.25, -0.2) is 0 Å². The van der Waals surface area contributed by atoms with Crippen LogP contribution in [-0.2, 0) is 0 Å². The first-order chi connectivity index (χ1) is 12.4. The van der Waals surface area contributed by atoms with Gasteiger partial charge < -0.3 is 28.5 Å². The monoisotopic (exact) mass is 515 g/mol. The number of rotatable bonds is 4. The van der Waals surface area contributed by atoms with E-state index >= 15 is 0 Å². The van der Waals surface area contributed by atoms with Crippen LogP contribution in [-0.4, -0.2) is 30.7 Å². The van der Waals surface area contributed by atoms with Crippen LogP contribution < -0.4 is 24.0 Å². The molecule has 2 atom stereocenters. The van der Waals surface area contributed by atoms with Crippen LogP contribution in [0, 0.1) is 5.92 Å². The smallest absolute Gasteiger partial charge is 0.0893 e. The number of hydrogen-bond acceptors (Lipinski definition) is 0. The molecule has 0 spiro atoms. The average Bonchev–Trinajstić information content (AvgIpc) is 2.77. The summed E-state index contributed by atoms with van der Waals surface area (Å²) < 4.78 is 1.23. The Labute approximate surface area is 190 Å². The molecule has 2 bridgehead atoms. The summed E-state index contributed by atoms with van der Waals surface area (Å²) >= 11 is 12.6. The molecular formula is C23H28Cl2IN. The lowest BCUT2D eigenvalue weighted by atomic mass is 9.78. The predicted octanol–water partition coefficient (Wildman–Crippen LogP) is 3.54. The molecule has 0 aromatic heterocycles. The number of piperidine rings is 1. The number of fused-ring (bicyclic) bond motifs is 2. The summed E-state index contributed by atoms with van der Waals surface area (Å²) in [6.07, 6.45) is 6.68. The minimum atomic E-state index is 0. The Morgan fingerprint density at radius 3 is 1.81 bits per heavy atom. The zero-order valence-corrected chi connectivity index (χ0v) is 19.7. The quantitative estimate of drug-likeness (QED) is 0.431. The first-order valence-electron chi connectivity index (χ1n) is 9.77. The van der Waals surface area contributed by atoms with E-state index in [-0.39, 0.29) is 24.0 Å². The van der Waals surface area contributed by atoms with Crippen LogP contribution in [0.1, 0.15) is 49.1 Å². The molecule has 27 heavy (non-hydrogen) atoms. The summed E-state index contributed by atoms with van der Waals surface area (Å²) in [5.41, 5.74) is 2.62. The van der Waals surface area contributed by atoms with E-state index in [1.54, 1.807) is 0 Å². The molecule has 2 aliphatic rings. The van der Waals surface area contributed by atoms with Crippen molar-refractivity contribution in [2.45, 2.75) is 50.1 Å². The first-order valence-corrected chi connectivity index (χ1v) is 10.5. The van der Waals surface area contributed by atoms with Crippen molar-refractivity contribution in [2.24, 2.45) is 5.92 Å². The third-order valence-corrected chi connectivity index (χ3v) is 7.47. The summed E-state index contributed by atoms with van der Waals surface area (Å²) in [7, 11) is 4.87. The van der Waals surface area contributed by atoms with Crippen molar-refractivity contribution in [3.8, 4) is 0 Å². The summed E-state index contributed by atoms with van der Waals surface area (Å²) in [4.78, 5) is 0. The van der Waals surface area contributed by atoms with Gasteiger partial charge in [0.05, 0.1) is 26.2 Å². The van der Waals surface area contributed by atoms with E-state index in [1.165, 1.54) is 47.7 Å². The van der Waals surface area contributed by atoms with Gasteiger partial charge in [0.25, 0.3) is 0 Å². The number of benzene rings is 2. The van der Waals surface area contributed by atoms with Crippen molar-refractivity contribution in [3.63, 3.8) is 0 Å². The molecule has 2 heterocycles. The SMILES string of the molecule is C[N+]1(C)C2CCC1CC(CC(c1cccc(Cl)c1)c1cccc(Cl)c1)C2.[I-]. The normalized spacial score (nSPS) is 26.0. The number of halogens is 3. The Kier molecular flexibility index (Phi) is 6.83. The molecule has 4 heteroatoms. The van der Waals surface area contributed by atoms with Gasteiger partial charge >= 0.3 is 0 Å². The number of hydrogen-bond donors (Lipinski definition) is 0. The predicted molar refractivity (Wildman–Crippen MR) is 111 cm³/mol. The second-order valence-corrected chi connectivity index (χ2v) is 9.62. The maximum absolute atomic E-state index is 6.32. The van der Waals surface area contributed by atoms with E-state index in [9.17, 15) is 0 Å². The fourth-order valence-corrected chi connectivity index (χ4v) is 5.83. The summed E-state index contributed by atoms with van der Waals surface area (Å²) in [5.74, 6) is 1.15. The maximum atomic E-state index is 6.32. The molecule has 1 nitrogen and oxygen atoms in total. The van der Waals surface area contributed by atoms with E-state index in [0.29, 0.717) is 5.92 Å².